The summed E-state index contributed by atoms with van der Waals surface area (Å²) in [6, 6.07) is 83.6. The van der Waals surface area contributed by atoms with E-state index in [1.54, 1.807) is 0 Å². The van der Waals surface area contributed by atoms with Crippen LogP contribution in [-0.4, -0.2) is 0 Å². The van der Waals surface area contributed by atoms with Crippen LogP contribution in [0, 0.1) is 0 Å². The lowest BCUT2D eigenvalue weighted by atomic mass is 9.73. The summed E-state index contributed by atoms with van der Waals surface area (Å²) in [6.07, 6.45) is 0. The Bertz CT molecular complexity index is 2530. The highest BCUT2D eigenvalue weighted by Gasteiger charge is 2.30. The first-order valence-electron chi connectivity index (χ1n) is 18.6. The van der Waals surface area contributed by atoms with Crippen LogP contribution in [0.4, 0.5) is 0 Å². The molecule has 0 amide bonds. The summed E-state index contributed by atoms with van der Waals surface area (Å²) < 4.78 is 0. The van der Waals surface area contributed by atoms with Crippen LogP contribution in [0.2, 0.25) is 0 Å². The van der Waals surface area contributed by atoms with Gasteiger partial charge in [0.1, 0.15) is 0 Å². The molecular formula is C54H38. The highest BCUT2D eigenvalue weighted by molar-refractivity contribution is 6.17. The van der Waals surface area contributed by atoms with E-state index in [4.69, 9.17) is 0 Å². The van der Waals surface area contributed by atoms with Gasteiger partial charge in [-0.25, -0.2) is 0 Å². The Morgan fingerprint density at radius 2 is 0.352 bits per heavy atom. The molecule has 0 radical (unpaired) electrons. The number of hydrogen-bond acceptors (Lipinski definition) is 0. The Balaban J connectivity index is 1.60. The van der Waals surface area contributed by atoms with Crippen molar-refractivity contribution in [3.8, 4) is 89.0 Å². The van der Waals surface area contributed by atoms with Crippen LogP contribution in [-0.2, 0) is 0 Å². The van der Waals surface area contributed by atoms with E-state index in [2.05, 4.69) is 231 Å². The third kappa shape index (κ3) is 6.15. The molecule has 0 aliphatic carbocycles. The number of rotatable bonds is 8. The minimum absolute atomic E-state index is 1.17. The van der Waals surface area contributed by atoms with Crippen molar-refractivity contribution in [1.29, 1.82) is 0 Å². The Hall–Kier alpha value is -7.02. The van der Waals surface area contributed by atoms with Crippen molar-refractivity contribution in [2.45, 2.75) is 0 Å². The molecule has 0 nitrogen and oxygen atoms in total. The highest BCUT2D eigenvalue weighted by atomic mass is 14.3. The number of benzene rings is 9. The molecular weight excluding hydrogens is 649 g/mol. The highest BCUT2D eigenvalue weighted by Crippen LogP contribution is 2.57. The molecule has 0 N–H and O–H groups in total. The van der Waals surface area contributed by atoms with E-state index in [1.807, 2.05) is 0 Å². The van der Waals surface area contributed by atoms with E-state index in [9.17, 15) is 0 Å². The SMILES string of the molecule is c1ccc(-c2cccc(-c3c(-c4ccccc4)c(-c4ccccc4)c(-c4ccccc4)c(-c4ccccc4)c3-c3ccccc3)c2-c2ccccc2)cc1. The van der Waals surface area contributed by atoms with Gasteiger partial charge in [-0.1, -0.05) is 231 Å². The van der Waals surface area contributed by atoms with Gasteiger partial charge >= 0.3 is 0 Å². The fourth-order valence-electron chi connectivity index (χ4n) is 8.02. The minimum atomic E-state index is 1.17. The molecule has 0 spiro atoms. The second-order valence-corrected chi connectivity index (χ2v) is 13.5. The molecule has 0 fully saturated rings. The van der Waals surface area contributed by atoms with Gasteiger partial charge in [0.15, 0.2) is 0 Å². The van der Waals surface area contributed by atoms with Crippen LogP contribution >= 0.6 is 0 Å². The summed E-state index contributed by atoms with van der Waals surface area (Å²) in [7, 11) is 0. The molecule has 9 aromatic carbocycles. The van der Waals surface area contributed by atoms with Crippen molar-refractivity contribution in [3.63, 3.8) is 0 Å². The van der Waals surface area contributed by atoms with E-state index in [-0.39, 0.29) is 0 Å². The Morgan fingerprint density at radius 1 is 0.130 bits per heavy atom. The van der Waals surface area contributed by atoms with Gasteiger partial charge in [0.25, 0.3) is 0 Å². The molecule has 0 unspecified atom stereocenters. The van der Waals surface area contributed by atoms with E-state index < -0.39 is 0 Å². The lowest BCUT2D eigenvalue weighted by molar-refractivity contribution is 1.51. The van der Waals surface area contributed by atoms with Crippen LogP contribution in [0.5, 0.6) is 0 Å². The second kappa shape index (κ2) is 14.9. The predicted molar refractivity (Wildman–Crippen MR) is 230 cm³/mol. The summed E-state index contributed by atoms with van der Waals surface area (Å²) in [4.78, 5) is 0. The van der Waals surface area contributed by atoms with Gasteiger partial charge in [-0.05, 0) is 89.0 Å². The molecule has 0 aliphatic heterocycles. The maximum Gasteiger partial charge on any atom is -0.000742 e. The second-order valence-electron chi connectivity index (χ2n) is 13.5. The normalized spacial score (nSPS) is 11.0. The van der Waals surface area contributed by atoms with E-state index in [0.29, 0.717) is 0 Å². The first-order valence-corrected chi connectivity index (χ1v) is 18.6. The first kappa shape index (κ1) is 32.9. The summed E-state index contributed by atoms with van der Waals surface area (Å²) in [5, 5.41) is 0. The smallest absolute Gasteiger partial charge is 0.000742 e. The van der Waals surface area contributed by atoms with Gasteiger partial charge < -0.3 is 0 Å². The molecule has 0 atom stereocenters. The maximum atomic E-state index is 2.34. The van der Waals surface area contributed by atoms with E-state index in [0.717, 1.165) is 0 Å². The fourth-order valence-corrected chi connectivity index (χ4v) is 8.02. The zero-order valence-electron chi connectivity index (χ0n) is 29.9. The third-order valence-corrected chi connectivity index (χ3v) is 10.3. The largest absolute Gasteiger partial charge is 0.0622 e. The zero-order chi connectivity index (χ0) is 36.1. The van der Waals surface area contributed by atoms with Crippen LogP contribution < -0.4 is 0 Å². The lowest BCUT2D eigenvalue weighted by Gasteiger charge is -2.30. The van der Waals surface area contributed by atoms with Crippen molar-refractivity contribution >= 4 is 0 Å². The van der Waals surface area contributed by atoms with Crippen LogP contribution in [0.3, 0.4) is 0 Å². The summed E-state index contributed by atoms with van der Waals surface area (Å²) in [5.74, 6) is 0. The standard InChI is InChI=1S/C54H38/c1-8-23-39(24-9-1)46-37-22-38-47(48(46)40-25-10-2-11-26-40)54-52(44-33-18-6-19-34-44)50(42-29-14-4-15-30-42)49(41-27-12-3-13-28-41)51(43-31-16-5-17-32-43)53(54)45-35-20-7-21-36-45/h1-38H. The molecule has 9 rings (SSSR count). The van der Waals surface area contributed by atoms with Crippen molar-refractivity contribution in [2.24, 2.45) is 0 Å². The van der Waals surface area contributed by atoms with Gasteiger partial charge in [-0.2, -0.15) is 0 Å². The molecule has 0 saturated carbocycles. The van der Waals surface area contributed by atoms with Gasteiger partial charge in [0.05, 0.1) is 0 Å². The van der Waals surface area contributed by atoms with Crippen molar-refractivity contribution in [1.82, 2.24) is 0 Å². The predicted octanol–water partition coefficient (Wildman–Crippen LogP) is 15.0. The topological polar surface area (TPSA) is 0 Å². The van der Waals surface area contributed by atoms with Gasteiger partial charge in [-0.3, -0.25) is 0 Å². The lowest BCUT2D eigenvalue weighted by Crippen LogP contribution is -2.03. The Morgan fingerprint density at radius 3 is 0.648 bits per heavy atom. The molecule has 0 heteroatoms. The molecule has 0 aromatic heterocycles. The molecule has 0 bridgehead atoms. The summed E-state index contributed by atoms with van der Waals surface area (Å²) >= 11 is 0. The average molecular weight is 687 g/mol. The van der Waals surface area contributed by atoms with Crippen LogP contribution in [0.15, 0.2) is 231 Å². The van der Waals surface area contributed by atoms with Crippen molar-refractivity contribution in [3.05, 3.63) is 231 Å². The van der Waals surface area contributed by atoms with Crippen molar-refractivity contribution in [2.75, 3.05) is 0 Å². The third-order valence-electron chi connectivity index (χ3n) is 10.3. The monoisotopic (exact) mass is 686 g/mol. The summed E-state index contributed by atoms with van der Waals surface area (Å²) in [6.45, 7) is 0. The molecule has 0 saturated heterocycles. The van der Waals surface area contributed by atoms with Gasteiger partial charge in [-0.15, -0.1) is 0 Å². The van der Waals surface area contributed by atoms with Crippen molar-refractivity contribution < 1.29 is 0 Å². The molecule has 254 valence electrons. The van der Waals surface area contributed by atoms with Crippen LogP contribution in [0.25, 0.3) is 89.0 Å². The molecule has 0 heterocycles. The van der Waals surface area contributed by atoms with Gasteiger partial charge in [0.2, 0.25) is 0 Å². The summed E-state index contributed by atoms with van der Waals surface area (Å²) in [5.41, 5.74) is 19.1. The van der Waals surface area contributed by atoms with Gasteiger partial charge in [0, 0.05) is 0 Å². The first-order chi connectivity index (χ1) is 26.9. The molecule has 9 aromatic rings. The Labute approximate surface area is 318 Å². The average Bonchev–Trinajstić information content (AvgIpc) is 3.27. The molecule has 0 aliphatic rings. The Kier molecular flexibility index (Phi) is 9.07. The molecule has 54 heavy (non-hydrogen) atoms. The quantitative estimate of drug-likeness (QED) is 0.149. The minimum Gasteiger partial charge on any atom is -0.0622 e. The van der Waals surface area contributed by atoms with Crippen LogP contribution in [0.1, 0.15) is 0 Å². The fraction of sp³-hybridized carbons (Fsp3) is 0. The van der Waals surface area contributed by atoms with E-state index >= 15 is 0 Å². The number of hydrogen-bond donors (Lipinski definition) is 0. The zero-order valence-corrected chi connectivity index (χ0v) is 29.9. The van der Waals surface area contributed by atoms with E-state index in [1.165, 1.54) is 89.0 Å². The maximum absolute atomic E-state index is 2.34.